The van der Waals surface area contributed by atoms with Crippen molar-refractivity contribution in [1.29, 1.82) is 0 Å². The van der Waals surface area contributed by atoms with E-state index in [1.54, 1.807) is 6.07 Å². The molecular weight excluding hydrogens is 451 g/mol. The molecule has 9 nitrogen and oxygen atoms in total. The van der Waals surface area contributed by atoms with Crippen molar-refractivity contribution < 1.29 is 18.7 Å². The van der Waals surface area contributed by atoms with Gasteiger partial charge in [0, 0.05) is 48.3 Å². The number of aromatic nitrogens is 3. The topological polar surface area (TPSA) is 103 Å². The Morgan fingerprint density at radius 1 is 1.17 bits per heavy atom. The molecule has 5 rings (SSSR count). The number of likely N-dealkylation sites (N-methyl/N-ethyl adjacent to an activating group) is 1. The van der Waals surface area contributed by atoms with E-state index < -0.39 is 5.82 Å². The molecule has 0 unspecified atom stereocenters. The van der Waals surface area contributed by atoms with E-state index in [4.69, 9.17) is 4.74 Å². The number of nitrogens with one attached hydrogen (secondary N) is 2. The number of rotatable bonds is 5. The van der Waals surface area contributed by atoms with Gasteiger partial charge in [0.25, 0.3) is 5.91 Å². The number of methoxy groups -OCH3 is 1. The fourth-order valence-electron chi connectivity index (χ4n) is 5.88. The smallest absolute Gasteiger partial charge is 0.274 e. The molecule has 3 saturated heterocycles. The van der Waals surface area contributed by atoms with Crippen molar-refractivity contribution in [2.45, 2.75) is 69.6 Å². The molecule has 0 aliphatic carbocycles. The molecule has 3 aliphatic rings. The SMILES string of the molecule is COc1cc(-c2cc(C(=O)N3[C@@H]4CC[C@H]3C[C@H](C(=O)N[C@@H]3CC[C@@H](C)N(C)C3)C4)n[nH]2)c(F)cn1. The number of pyridine rings is 1. The number of halogens is 1. The lowest BCUT2D eigenvalue weighted by Crippen LogP contribution is -2.53. The largest absolute Gasteiger partial charge is 0.481 e. The van der Waals surface area contributed by atoms with Crippen molar-refractivity contribution in [1.82, 2.24) is 30.3 Å². The maximum atomic E-state index is 14.3. The number of nitrogens with zero attached hydrogens (tertiary/aromatic N) is 4. The summed E-state index contributed by atoms with van der Waals surface area (Å²) in [6.07, 6.45) is 6.28. The molecule has 188 valence electrons. The van der Waals surface area contributed by atoms with Crippen molar-refractivity contribution in [2.24, 2.45) is 5.92 Å². The third-order valence-electron chi connectivity index (χ3n) is 8.01. The maximum Gasteiger partial charge on any atom is 0.274 e. The summed E-state index contributed by atoms with van der Waals surface area (Å²) in [4.78, 5) is 34.5. The highest BCUT2D eigenvalue weighted by atomic mass is 19.1. The number of H-pyrrole nitrogens is 1. The van der Waals surface area contributed by atoms with Crippen molar-refractivity contribution in [3.05, 3.63) is 29.8 Å². The van der Waals surface area contributed by atoms with Gasteiger partial charge in [-0.15, -0.1) is 0 Å². The molecule has 0 aromatic carbocycles. The Morgan fingerprint density at radius 2 is 1.91 bits per heavy atom. The van der Waals surface area contributed by atoms with Gasteiger partial charge >= 0.3 is 0 Å². The van der Waals surface area contributed by atoms with Crippen LogP contribution in [0.2, 0.25) is 0 Å². The number of carbonyl (C=O) groups is 2. The van der Waals surface area contributed by atoms with Crippen LogP contribution in [-0.4, -0.2) is 81.7 Å². The van der Waals surface area contributed by atoms with Gasteiger partial charge in [-0.1, -0.05) is 0 Å². The number of amides is 2. The Balaban J connectivity index is 1.24. The van der Waals surface area contributed by atoms with Crippen molar-refractivity contribution in [3.8, 4) is 17.1 Å². The Bertz CT molecular complexity index is 1090. The van der Waals surface area contributed by atoms with Gasteiger partial charge in [0.2, 0.25) is 11.8 Å². The summed E-state index contributed by atoms with van der Waals surface area (Å²) in [7, 11) is 3.56. The lowest BCUT2D eigenvalue weighted by atomic mass is 9.89. The second-order valence-electron chi connectivity index (χ2n) is 10.2. The molecule has 2 aromatic rings. The highest BCUT2D eigenvalue weighted by Gasteiger charge is 2.46. The number of likely N-dealkylation sites (tertiary alicyclic amines) is 1. The first kappa shape index (κ1) is 23.7. The lowest BCUT2D eigenvalue weighted by Gasteiger charge is -2.40. The minimum absolute atomic E-state index is 0.0176. The molecule has 2 amide bonds. The zero-order valence-corrected chi connectivity index (χ0v) is 20.5. The fourth-order valence-corrected chi connectivity index (χ4v) is 5.88. The zero-order chi connectivity index (χ0) is 24.7. The molecule has 3 fully saturated rings. The highest BCUT2D eigenvalue weighted by Crippen LogP contribution is 2.40. The Hall–Kier alpha value is -3.01. The predicted octanol–water partition coefficient (Wildman–Crippen LogP) is 2.60. The summed E-state index contributed by atoms with van der Waals surface area (Å²) in [6, 6.07) is 3.81. The minimum Gasteiger partial charge on any atom is -0.481 e. The molecule has 35 heavy (non-hydrogen) atoms. The van der Waals surface area contributed by atoms with Crippen LogP contribution in [0.3, 0.4) is 0 Å². The molecule has 0 spiro atoms. The van der Waals surface area contributed by atoms with E-state index in [-0.39, 0.29) is 53.0 Å². The molecular formula is C25H33FN6O3. The number of hydrogen-bond donors (Lipinski definition) is 2. The fraction of sp³-hybridized carbons (Fsp3) is 0.600. The van der Waals surface area contributed by atoms with Crippen LogP contribution < -0.4 is 10.1 Å². The number of ether oxygens (including phenoxy) is 1. The quantitative estimate of drug-likeness (QED) is 0.676. The van der Waals surface area contributed by atoms with Gasteiger partial charge in [-0.3, -0.25) is 14.7 Å². The predicted molar refractivity (Wildman–Crippen MR) is 127 cm³/mol. The summed E-state index contributed by atoms with van der Waals surface area (Å²) < 4.78 is 19.4. The van der Waals surface area contributed by atoms with E-state index in [9.17, 15) is 14.0 Å². The van der Waals surface area contributed by atoms with Gasteiger partial charge < -0.3 is 19.9 Å². The molecule has 5 atom stereocenters. The van der Waals surface area contributed by atoms with E-state index in [1.165, 1.54) is 13.2 Å². The third kappa shape index (κ3) is 4.63. The molecule has 2 aromatic heterocycles. The molecule has 10 heteroatoms. The normalized spacial score (nSPS) is 28.7. The summed E-state index contributed by atoms with van der Waals surface area (Å²) >= 11 is 0. The summed E-state index contributed by atoms with van der Waals surface area (Å²) in [5, 5.41) is 10.2. The van der Waals surface area contributed by atoms with Crippen LogP contribution in [0.25, 0.3) is 11.3 Å². The van der Waals surface area contributed by atoms with Crippen LogP contribution in [0.5, 0.6) is 5.88 Å². The number of hydrogen-bond acceptors (Lipinski definition) is 6. The standard InChI is InChI=1S/C25H33FN6O3/c1-14-4-5-16(13-31(14)2)28-24(33)15-8-17-6-7-18(9-15)32(17)25(34)22-11-21(29-30-22)19-10-23(35-3)27-12-20(19)26/h10-12,14-18H,4-9,13H2,1-3H3,(H,28,33)(H,29,30)/t14-,15-,16-,17-,18+/m1/s1. The van der Waals surface area contributed by atoms with E-state index in [2.05, 4.69) is 39.4 Å². The summed E-state index contributed by atoms with van der Waals surface area (Å²) in [5.74, 6) is -0.390. The van der Waals surface area contributed by atoms with Gasteiger partial charge in [0.15, 0.2) is 11.5 Å². The first-order valence-corrected chi connectivity index (χ1v) is 12.4. The second-order valence-corrected chi connectivity index (χ2v) is 10.2. The molecule has 2 N–H and O–H groups in total. The monoisotopic (exact) mass is 484 g/mol. The Labute approximate surface area is 204 Å². The Kier molecular flexibility index (Phi) is 6.48. The Morgan fingerprint density at radius 3 is 2.60 bits per heavy atom. The van der Waals surface area contributed by atoms with Crippen LogP contribution in [-0.2, 0) is 4.79 Å². The average molecular weight is 485 g/mol. The molecule has 3 aliphatic heterocycles. The molecule has 5 heterocycles. The maximum absolute atomic E-state index is 14.3. The van der Waals surface area contributed by atoms with Gasteiger partial charge in [-0.05, 0) is 58.6 Å². The van der Waals surface area contributed by atoms with Crippen LogP contribution >= 0.6 is 0 Å². The van der Waals surface area contributed by atoms with Crippen LogP contribution in [0, 0.1) is 11.7 Å². The molecule has 0 radical (unpaired) electrons. The van der Waals surface area contributed by atoms with E-state index in [0.717, 1.165) is 38.4 Å². The first-order valence-electron chi connectivity index (χ1n) is 12.4. The van der Waals surface area contributed by atoms with Gasteiger partial charge in [-0.2, -0.15) is 5.10 Å². The van der Waals surface area contributed by atoms with Crippen LogP contribution in [0.4, 0.5) is 4.39 Å². The van der Waals surface area contributed by atoms with Crippen molar-refractivity contribution in [2.75, 3.05) is 20.7 Å². The number of carbonyl (C=O) groups excluding carboxylic acids is 2. The van der Waals surface area contributed by atoms with Gasteiger partial charge in [0.05, 0.1) is 19.0 Å². The van der Waals surface area contributed by atoms with Crippen molar-refractivity contribution >= 4 is 11.8 Å². The average Bonchev–Trinajstić information content (AvgIpc) is 3.44. The summed E-state index contributed by atoms with van der Waals surface area (Å²) in [5.41, 5.74) is 0.874. The lowest BCUT2D eigenvalue weighted by molar-refractivity contribution is -0.128. The van der Waals surface area contributed by atoms with E-state index in [1.807, 2.05) is 4.90 Å². The molecule has 2 bridgehead atoms. The second kappa shape index (κ2) is 9.56. The molecule has 0 saturated carbocycles. The van der Waals surface area contributed by atoms with Crippen LogP contribution in [0.1, 0.15) is 55.9 Å². The van der Waals surface area contributed by atoms with Gasteiger partial charge in [0.1, 0.15) is 0 Å². The summed E-state index contributed by atoms with van der Waals surface area (Å²) in [6.45, 7) is 3.09. The third-order valence-corrected chi connectivity index (χ3v) is 8.01. The van der Waals surface area contributed by atoms with Gasteiger partial charge in [-0.25, -0.2) is 9.37 Å². The van der Waals surface area contributed by atoms with E-state index in [0.29, 0.717) is 24.6 Å². The first-order chi connectivity index (χ1) is 16.8. The van der Waals surface area contributed by atoms with Crippen LogP contribution in [0.15, 0.2) is 18.3 Å². The number of fused-ring (bicyclic) bond motifs is 2. The minimum atomic E-state index is -0.529. The number of aromatic amines is 1. The van der Waals surface area contributed by atoms with Crippen molar-refractivity contribution in [3.63, 3.8) is 0 Å². The zero-order valence-electron chi connectivity index (χ0n) is 20.5. The van der Waals surface area contributed by atoms with E-state index >= 15 is 0 Å². The highest BCUT2D eigenvalue weighted by molar-refractivity contribution is 5.94. The number of piperidine rings is 2.